The summed E-state index contributed by atoms with van der Waals surface area (Å²) in [5.41, 5.74) is -2.50. The van der Waals surface area contributed by atoms with Crippen LogP contribution in [0, 0.1) is 12.7 Å². The van der Waals surface area contributed by atoms with Crippen LogP contribution < -0.4 is 26.4 Å². The maximum absolute atomic E-state index is 15.3. The summed E-state index contributed by atoms with van der Waals surface area (Å²) in [5.74, 6) is -0.832. The number of thiophene rings is 1. The Hall–Kier alpha value is -5.51. The molecular formula is C44H48FN5O7SSi. The third kappa shape index (κ3) is 7.62. The summed E-state index contributed by atoms with van der Waals surface area (Å²) < 4.78 is 36.7. The first kappa shape index (κ1) is 41.6. The first-order chi connectivity index (χ1) is 28.1. The van der Waals surface area contributed by atoms with Crippen LogP contribution in [0.15, 0.2) is 101 Å². The lowest BCUT2D eigenvalue weighted by molar-refractivity contribution is -0.144. The van der Waals surface area contributed by atoms with Crippen molar-refractivity contribution in [3.8, 4) is 10.8 Å². The van der Waals surface area contributed by atoms with Crippen molar-refractivity contribution < 1.29 is 27.9 Å². The maximum atomic E-state index is 15.3. The first-order valence-electron chi connectivity index (χ1n) is 19.6. The number of hydrogen-bond acceptors (Lipinski definition) is 10. The monoisotopic (exact) mass is 837 g/mol. The van der Waals surface area contributed by atoms with Crippen molar-refractivity contribution in [1.82, 2.24) is 24.1 Å². The fraction of sp³-hybridized carbons (Fsp3) is 0.364. The van der Waals surface area contributed by atoms with E-state index in [1.54, 1.807) is 6.92 Å². The van der Waals surface area contributed by atoms with Crippen LogP contribution in [-0.4, -0.2) is 57.4 Å². The molecule has 1 aliphatic carbocycles. The van der Waals surface area contributed by atoms with Crippen molar-refractivity contribution in [2.75, 3.05) is 7.11 Å². The number of ketones is 1. The molecule has 1 saturated carbocycles. The molecule has 0 N–H and O–H groups in total. The van der Waals surface area contributed by atoms with Gasteiger partial charge in [-0.2, -0.15) is 10.2 Å². The zero-order chi connectivity index (χ0) is 42.3. The van der Waals surface area contributed by atoms with Gasteiger partial charge in [-0.1, -0.05) is 92.8 Å². The molecule has 0 spiro atoms. The number of carbonyl (C=O) groups is 2. The van der Waals surface area contributed by atoms with E-state index in [4.69, 9.17) is 13.9 Å². The second-order valence-electron chi connectivity index (χ2n) is 16.4. The molecular weight excluding hydrogens is 790 g/mol. The number of Topliss-reactive ketones (excluding diaryl/α,β-unsaturated/α-hetero) is 1. The lowest BCUT2D eigenvalue weighted by Gasteiger charge is -2.43. The van der Waals surface area contributed by atoms with Crippen molar-refractivity contribution in [2.24, 2.45) is 0 Å². The molecule has 1 aliphatic rings. The minimum Gasteiger partial charge on any atom is -0.508 e. The molecule has 3 aromatic carbocycles. The average Bonchev–Trinajstić information content (AvgIpc) is 3.87. The van der Waals surface area contributed by atoms with Gasteiger partial charge >= 0.3 is 20.0 Å². The third-order valence-corrected chi connectivity index (χ3v) is 17.4. The van der Waals surface area contributed by atoms with Gasteiger partial charge in [-0.05, 0) is 67.2 Å². The van der Waals surface area contributed by atoms with E-state index in [2.05, 4.69) is 10.2 Å². The van der Waals surface area contributed by atoms with E-state index in [-0.39, 0.29) is 23.8 Å². The molecule has 59 heavy (non-hydrogen) atoms. The summed E-state index contributed by atoms with van der Waals surface area (Å²) in [4.78, 5) is 59.3. The Bertz CT molecular complexity index is 2570. The second kappa shape index (κ2) is 16.3. The van der Waals surface area contributed by atoms with E-state index < -0.39 is 48.0 Å². The van der Waals surface area contributed by atoms with Crippen LogP contribution in [0.25, 0.3) is 15.2 Å². The van der Waals surface area contributed by atoms with E-state index in [1.807, 2.05) is 81.4 Å². The van der Waals surface area contributed by atoms with Gasteiger partial charge < -0.3 is 13.9 Å². The zero-order valence-electron chi connectivity index (χ0n) is 34.2. The highest BCUT2D eigenvalue weighted by Gasteiger charge is 2.55. The Morgan fingerprint density at radius 1 is 0.915 bits per heavy atom. The fourth-order valence-electron chi connectivity index (χ4n) is 8.12. The smallest absolute Gasteiger partial charge is 0.333 e. The van der Waals surface area contributed by atoms with Crippen LogP contribution in [0.2, 0.25) is 5.04 Å². The van der Waals surface area contributed by atoms with Crippen LogP contribution in [0.3, 0.4) is 0 Å². The Kier molecular flexibility index (Phi) is 11.5. The lowest BCUT2D eigenvalue weighted by Crippen LogP contribution is -2.69. The summed E-state index contributed by atoms with van der Waals surface area (Å²) in [6.45, 7) is 10.7. The van der Waals surface area contributed by atoms with Gasteiger partial charge in [0, 0.05) is 24.0 Å². The Morgan fingerprint density at radius 3 is 2.07 bits per heavy atom. The highest BCUT2D eigenvalue weighted by atomic mass is 32.1. The van der Waals surface area contributed by atoms with Gasteiger partial charge in [-0.25, -0.2) is 13.8 Å². The molecule has 6 aromatic rings. The summed E-state index contributed by atoms with van der Waals surface area (Å²) in [7, 11) is -2.04. The van der Waals surface area contributed by atoms with Crippen LogP contribution in [-0.2, 0) is 30.8 Å². The number of fused-ring (bicyclic) bond motifs is 1. The maximum Gasteiger partial charge on any atom is 0.333 e. The molecule has 12 nitrogen and oxygen atoms in total. The number of nitrogens with zero attached hydrogens (tertiary/aromatic N) is 5. The zero-order valence-corrected chi connectivity index (χ0v) is 36.0. The standard InChI is InChI=1S/C44H48FN5O7SSi/c1-28-37-38(52)49(44(5,6)41(53)57-59(43(2,3)4,32-14-10-8-11-15-32)33-16-12-9-13-17-33)42(54)48(40(37)58-39(28)50-46-24-25-47-50)27-36(56-31-21-19-30(51)20-22-31)34-26-29(45)18-23-35(34)55-7/h8-18,23-26,31,36H,19-22,27H2,1-7H3/t36-/m0/s1. The molecule has 0 bridgehead atoms. The van der Waals surface area contributed by atoms with E-state index in [0.29, 0.717) is 52.4 Å². The Labute approximate surface area is 346 Å². The Morgan fingerprint density at radius 2 is 1.51 bits per heavy atom. The van der Waals surface area contributed by atoms with Gasteiger partial charge in [0.2, 0.25) is 0 Å². The molecule has 0 amide bonds. The number of ether oxygens (including phenoxy) is 2. The predicted octanol–water partition coefficient (Wildman–Crippen LogP) is 6.37. The summed E-state index contributed by atoms with van der Waals surface area (Å²) in [6.07, 6.45) is 3.22. The van der Waals surface area contributed by atoms with E-state index in [0.717, 1.165) is 26.3 Å². The van der Waals surface area contributed by atoms with Crippen LogP contribution in [0.4, 0.5) is 4.39 Å². The van der Waals surface area contributed by atoms with Crippen molar-refractivity contribution in [2.45, 2.75) is 96.6 Å². The van der Waals surface area contributed by atoms with Crippen LogP contribution >= 0.6 is 11.3 Å². The van der Waals surface area contributed by atoms with Gasteiger partial charge in [0.05, 0.1) is 37.5 Å². The SMILES string of the molecule is COc1ccc(F)cc1[C@H](Cn1c(=O)n(C(C)(C)C(=O)O[Si](c2ccccc2)(c2ccccc2)C(C)(C)C)c(=O)c2c(C)c(-n3nccn3)sc21)OC1CCC(=O)CC1. The summed E-state index contributed by atoms with van der Waals surface area (Å²) >= 11 is 1.14. The van der Waals surface area contributed by atoms with Crippen molar-refractivity contribution in [3.63, 3.8) is 0 Å². The molecule has 1 fully saturated rings. The molecule has 1 atom stereocenters. The minimum absolute atomic E-state index is 0.135. The molecule has 15 heteroatoms. The number of aryl methyl sites for hydroxylation is 1. The third-order valence-electron chi connectivity index (χ3n) is 11.2. The van der Waals surface area contributed by atoms with E-state index >= 15 is 14.0 Å². The van der Waals surface area contributed by atoms with E-state index in [1.165, 1.54) is 60.9 Å². The lowest BCUT2D eigenvalue weighted by atomic mass is 9.96. The fourth-order valence-corrected chi connectivity index (χ4v) is 13.8. The predicted molar refractivity (Wildman–Crippen MR) is 227 cm³/mol. The normalized spacial score (nSPS) is 14.7. The summed E-state index contributed by atoms with van der Waals surface area (Å²) in [5, 5.41) is 10.4. The number of halogens is 1. The van der Waals surface area contributed by atoms with Gasteiger partial charge in [0.15, 0.2) is 0 Å². The van der Waals surface area contributed by atoms with Gasteiger partial charge in [-0.3, -0.25) is 19.0 Å². The number of benzene rings is 3. The van der Waals surface area contributed by atoms with Crippen molar-refractivity contribution >= 4 is 52.0 Å². The molecule has 0 radical (unpaired) electrons. The number of carbonyl (C=O) groups excluding carboxylic acids is 2. The van der Waals surface area contributed by atoms with Crippen molar-refractivity contribution in [3.05, 3.63) is 129 Å². The number of methoxy groups -OCH3 is 1. The molecule has 0 unspecified atom stereocenters. The van der Waals surface area contributed by atoms with Gasteiger partial charge in [0.1, 0.15) is 38.8 Å². The largest absolute Gasteiger partial charge is 0.508 e. The number of aromatic nitrogens is 5. The quantitative estimate of drug-likeness (QED) is 0.129. The molecule has 3 heterocycles. The molecule has 0 saturated heterocycles. The molecule has 308 valence electrons. The summed E-state index contributed by atoms with van der Waals surface area (Å²) in [6, 6.07) is 23.3. The number of hydrogen-bond donors (Lipinski definition) is 0. The number of rotatable bonds is 12. The van der Waals surface area contributed by atoms with E-state index in [9.17, 15) is 9.59 Å². The van der Waals surface area contributed by atoms with Crippen molar-refractivity contribution in [1.29, 1.82) is 0 Å². The average molecular weight is 838 g/mol. The van der Waals surface area contributed by atoms with Crippen LogP contribution in [0.5, 0.6) is 5.75 Å². The first-order valence-corrected chi connectivity index (χ1v) is 22.3. The Balaban J connectivity index is 1.44. The second-order valence-corrected chi connectivity index (χ2v) is 21.6. The highest BCUT2D eigenvalue weighted by molar-refractivity contribution is 7.21. The van der Waals surface area contributed by atoms with Gasteiger partial charge in [0.25, 0.3) is 5.56 Å². The molecule has 7 rings (SSSR count). The minimum atomic E-state index is -3.50. The molecule has 0 aliphatic heterocycles. The highest BCUT2D eigenvalue weighted by Crippen LogP contribution is 2.39. The topological polar surface area (TPSA) is 137 Å². The van der Waals surface area contributed by atoms with Crippen LogP contribution in [0.1, 0.15) is 77.5 Å². The van der Waals surface area contributed by atoms with Gasteiger partial charge in [-0.15, -0.1) is 4.80 Å². The molecule has 3 aromatic heterocycles.